The van der Waals surface area contributed by atoms with E-state index in [9.17, 15) is 4.79 Å². The van der Waals surface area contributed by atoms with Crippen LogP contribution in [0.5, 0.6) is 17.2 Å². The number of ether oxygens (including phenoxy) is 4. The Kier molecular flexibility index (Phi) is 7.10. The maximum absolute atomic E-state index is 11.5. The van der Waals surface area contributed by atoms with E-state index in [4.69, 9.17) is 14.2 Å². The summed E-state index contributed by atoms with van der Waals surface area (Å²) in [6, 6.07) is 17.3. The second kappa shape index (κ2) is 10.2. The molecule has 1 N–H and O–H groups in total. The molecular weight excluding hydrogens is 384 g/mol. The molecule has 0 aliphatic heterocycles. The third-order valence-electron chi connectivity index (χ3n) is 4.52. The first-order valence-corrected chi connectivity index (χ1v) is 9.34. The van der Waals surface area contributed by atoms with Crippen LogP contribution in [0.25, 0.3) is 10.8 Å². The van der Waals surface area contributed by atoms with Gasteiger partial charge in [0.25, 0.3) is 0 Å². The summed E-state index contributed by atoms with van der Waals surface area (Å²) in [6.45, 7) is 0.328. The normalized spacial score (nSPS) is 10.8. The average molecular weight is 408 g/mol. The number of nitrogens with one attached hydrogen (secondary N) is 1. The first-order valence-electron chi connectivity index (χ1n) is 9.34. The number of carbonyl (C=O) groups excluding carboxylic acids is 1. The summed E-state index contributed by atoms with van der Waals surface area (Å²) in [7, 11) is 4.53. The van der Waals surface area contributed by atoms with Gasteiger partial charge >= 0.3 is 5.97 Å². The number of fused-ring (bicyclic) bond motifs is 1. The number of methoxy groups -OCH3 is 3. The van der Waals surface area contributed by atoms with E-state index in [1.165, 1.54) is 7.11 Å². The standard InChI is InChI=1S/C23H24N2O5/c1-27-21-10-8-16(12-22(21)28-2)13-24-25-14-19-18-7-5-4-6-17(18)9-11-20(19)30-15-23(26)29-3/h4-12,14,24H,13,15H2,1-3H3/b25-14+. The fourth-order valence-corrected chi connectivity index (χ4v) is 2.97. The molecule has 0 aliphatic rings. The van der Waals surface area contributed by atoms with Gasteiger partial charge in [-0.05, 0) is 34.5 Å². The summed E-state index contributed by atoms with van der Waals surface area (Å²) < 4.78 is 20.9. The summed E-state index contributed by atoms with van der Waals surface area (Å²) >= 11 is 0. The van der Waals surface area contributed by atoms with Crippen molar-refractivity contribution in [3.63, 3.8) is 0 Å². The Hall–Kier alpha value is -3.74. The molecule has 0 aliphatic carbocycles. The molecule has 0 fully saturated rings. The quantitative estimate of drug-likeness (QED) is 0.332. The molecule has 7 heteroatoms. The Bertz CT molecular complexity index is 1050. The molecule has 0 unspecified atom stereocenters. The lowest BCUT2D eigenvalue weighted by Gasteiger charge is -2.11. The van der Waals surface area contributed by atoms with Crippen LogP contribution in [0.1, 0.15) is 11.1 Å². The van der Waals surface area contributed by atoms with Crippen LogP contribution in [0.2, 0.25) is 0 Å². The number of rotatable bonds is 9. The van der Waals surface area contributed by atoms with Crippen molar-refractivity contribution in [3.05, 3.63) is 65.7 Å². The monoisotopic (exact) mass is 408 g/mol. The minimum absolute atomic E-state index is 0.172. The summed E-state index contributed by atoms with van der Waals surface area (Å²) in [6.07, 6.45) is 1.69. The van der Waals surface area contributed by atoms with Crippen LogP contribution in [0.3, 0.4) is 0 Å². The summed E-state index contributed by atoms with van der Waals surface area (Å²) in [5, 5.41) is 6.36. The highest BCUT2D eigenvalue weighted by Gasteiger charge is 2.10. The zero-order valence-corrected chi connectivity index (χ0v) is 17.2. The number of nitrogens with zero attached hydrogens (tertiary/aromatic N) is 1. The topological polar surface area (TPSA) is 78.4 Å². The van der Waals surface area contributed by atoms with Crippen LogP contribution < -0.4 is 19.6 Å². The Morgan fingerprint density at radius 2 is 1.73 bits per heavy atom. The third-order valence-corrected chi connectivity index (χ3v) is 4.52. The van der Waals surface area contributed by atoms with Crippen LogP contribution in [0.4, 0.5) is 0 Å². The van der Waals surface area contributed by atoms with Crippen molar-refractivity contribution in [1.82, 2.24) is 5.43 Å². The Morgan fingerprint density at radius 1 is 0.967 bits per heavy atom. The molecule has 0 radical (unpaired) electrons. The molecular formula is C23H24N2O5. The maximum Gasteiger partial charge on any atom is 0.343 e. The van der Waals surface area contributed by atoms with Gasteiger partial charge in [0.2, 0.25) is 0 Å². The van der Waals surface area contributed by atoms with E-state index in [0.717, 1.165) is 21.9 Å². The molecule has 0 atom stereocenters. The van der Waals surface area contributed by atoms with Gasteiger partial charge in [-0.25, -0.2) is 4.79 Å². The molecule has 30 heavy (non-hydrogen) atoms. The average Bonchev–Trinajstić information content (AvgIpc) is 2.80. The molecule has 0 amide bonds. The van der Waals surface area contributed by atoms with E-state index < -0.39 is 5.97 Å². The lowest BCUT2D eigenvalue weighted by Crippen LogP contribution is -2.13. The van der Waals surface area contributed by atoms with E-state index in [0.29, 0.717) is 23.8 Å². The third kappa shape index (κ3) is 5.00. The number of esters is 1. The van der Waals surface area contributed by atoms with Crippen LogP contribution in [0, 0.1) is 0 Å². The molecule has 3 aromatic carbocycles. The Morgan fingerprint density at radius 3 is 2.50 bits per heavy atom. The van der Waals surface area contributed by atoms with Gasteiger partial charge in [-0.15, -0.1) is 0 Å². The molecule has 0 saturated heterocycles. The van der Waals surface area contributed by atoms with Crippen molar-refractivity contribution in [2.45, 2.75) is 6.54 Å². The second-order valence-electron chi connectivity index (χ2n) is 6.35. The lowest BCUT2D eigenvalue weighted by molar-refractivity contribution is -0.142. The fraction of sp³-hybridized carbons (Fsp3) is 0.217. The van der Waals surface area contributed by atoms with Gasteiger partial charge in [0.1, 0.15) is 5.75 Å². The van der Waals surface area contributed by atoms with Crippen LogP contribution in [-0.2, 0) is 16.1 Å². The van der Waals surface area contributed by atoms with Crippen molar-refractivity contribution >= 4 is 23.0 Å². The number of benzene rings is 3. The van der Waals surface area contributed by atoms with E-state index in [1.54, 1.807) is 20.4 Å². The molecule has 0 saturated carbocycles. The minimum Gasteiger partial charge on any atom is -0.493 e. The fourth-order valence-electron chi connectivity index (χ4n) is 2.97. The number of hydrogen-bond acceptors (Lipinski definition) is 7. The van der Waals surface area contributed by atoms with Gasteiger partial charge in [-0.3, -0.25) is 0 Å². The molecule has 156 valence electrons. The predicted octanol–water partition coefficient (Wildman–Crippen LogP) is 3.53. The first kappa shape index (κ1) is 21.0. The largest absolute Gasteiger partial charge is 0.493 e. The number of hydrazone groups is 1. The molecule has 3 rings (SSSR count). The molecule has 7 nitrogen and oxygen atoms in total. The van der Waals surface area contributed by atoms with Gasteiger partial charge in [0.05, 0.1) is 34.1 Å². The summed E-state index contributed by atoms with van der Waals surface area (Å²) in [5.74, 6) is 1.44. The predicted molar refractivity (Wildman–Crippen MR) is 115 cm³/mol. The molecule has 0 heterocycles. The van der Waals surface area contributed by atoms with Crippen molar-refractivity contribution in [1.29, 1.82) is 0 Å². The molecule has 0 spiro atoms. The lowest BCUT2D eigenvalue weighted by atomic mass is 10.0. The highest BCUT2D eigenvalue weighted by atomic mass is 16.6. The minimum atomic E-state index is -0.447. The van der Waals surface area contributed by atoms with Gasteiger partial charge in [0, 0.05) is 5.56 Å². The zero-order valence-electron chi connectivity index (χ0n) is 17.2. The first-order chi connectivity index (χ1) is 14.7. The molecule has 0 aromatic heterocycles. The van der Waals surface area contributed by atoms with E-state index >= 15 is 0 Å². The van der Waals surface area contributed by atoms with Gasteiger partial charge < -0.3 is 24.4 Å². The Labute approximate surface area is 175 Å². The van der Waals surface area contributed by atoms with Crippen molar-refractivity contribution in [2.24, 2.45) is 5.10 Å². The maximum atomic E-state index is 11.5. The summed E-state index contributed by atoms with van der Waals surface area (Å²) in [4.78, 5) is 11.5. The van der Waals surface area contributed by atoms with Crippen molar-refractivity contribution < 1.29 is 23.7 Å². The number of hydrogen-bond donors (Lipinski definition) is 1. The second-order valence-corrected chi connectivity index (χ2v) is 6.35. The van der Waals surface area contributed by atoms with E-state index in [1.807, 2.05) is 54.6 Å². The SMILES string of the molecule is COC(=O)COc1ccc2ccccc2c1/C=N/NCc1ccc(OC)c(OC)c1. The van der Waals surface area contributed by atoms with Crippen molar-refractivity contribution in [3.8, 4) is 17.2 Å². The van der Waals surface area contributed by atoms with Gasteiger partial charge in [-0.1, -0.05) is 36.4 Å². The zero-order chi connectivity index (χ0) is 21.3. The van der Waals surface area contributed by atoms with Gasteiger partial charge in [-0.2, -0.15) is 5.10 Å². The Balaban J connectivity index is 1.78. The summed E-state index contributed by atoms with van der Waals surface area (Å²) in [5.41, 5.74) is 4.80. The number of carbonyl (C=O) groups is 1. The van der Waals surface area contributed by atoms with Gasteiger partial charge in [0.15, 0.2) is 18.1 Å². The van der Waals surface area contributed by atoms with Crippen LogP contribution in [-0.4, -0.2) is 40.1 Å². The van der Waals surface area contributed by atoms with Crippen LogP contribution in [0.15, 0.2) is 59.7 Å². The highest BCUT2D eigenvalue weighted by molar-refractivity contribution is 6.02. The molecule has 3 aromatic rings. The van der Waals surface area contributed by atoms with Crippen molar-refractivity contribution in [2.75, 3.05) is 27.9 Å². The van der Waals surface area contributed by atoms with Crippen LogP contribution >= 0.6 is 0 Å². The molecule has 0 bridgehead atoms. The smallest absolute Gasteiger partial charge is 0.343 e. The van der Waals surface area contributed by atoms with E-state index in [-0.39, 0.29) is 6.61 Å². The highest BCUT2D eigenvalue weighted by Crippen LogP contribution is 2.28. The van der Waals surface area contributed by atoms with E-state index in [2.05, 4.69) is 15.3 Å².